The van der Waals surface area contributed by atoms with Gasteiger partial charge in [-0.1, -0.05) is 0 Å². The molecule has 1 heterocycles. The van der Waals surface area contributed by atoms with Crippen LogP contribution in [0.15, 0.2) is 29.3 Å². The molecule has 10 heteroatoms. The normalized spacial score (nSPS) is 11.2. The van der Waals surface area contributed by atoms with E-state index in [1.165, 1.54) is 13.2 Å². The molecule has 162 valence electrons. The van der Waals surface area contributed by atoms with Gasteiger partial charge in [0.1, 0.15) is 11.5 Å². The molecule has 2 N–H and O–H groups in total. The number of hydrogen-bond donors (Lipinski definition) is 2. The summed E-state index contributed by atoms with van der Waals surface area (Å²) in [6.45, 7) is 2.86. The zero-order valence-electron chi connectivity index (χ0n) is 17.0. The summed E-state index contributed by atoms with van der Waals surface area (Å²) in [5.74, 6) is 1.23. The number of hydrogen-bond acceptors (Lipinski definition) is 4. The van der Waals surface area contributed by atoms with E-state index in [0.717, 1.165) is 24.4 Å². The number of benzene rings is 1. The Morgan fingerprint density at radius 3 is 2.59 bits per heavy atom. The lowest BCUT2D eigenvalue weighted by Gasteiger charge is -2.15. The van der Waals surface area contributed by atoms with Gasteiger partial charge in [-0.3, -0.25) is 9.67 Å². The number of nitrogens with zero attached hydrogens (tertiary/aromatic N) is 3. The van der Waals surface area contributed by atoms with E-state index >= 15 is 0 Å². The molecule has 0 bridgehead atoms. The summed E-state index contributed by atoms with van der Waals surface area (Å²) in [5, 5.41) is 10.7. The van der Waals surface area contributed by atoms with E-state index in [1.54, 1.807) is 19.2 Å². The van der Waals surface area contributed by atoms with Crippen LogP contribution in [-0.2, 0) is 13.1 Å². The van der Waals surface area contributed by atoms with Gasteiger partial charge in [0.15, 0.2) is 5.96 Å². The molecule has 0 aliphatic heterocycles. The van der Waals surface area contributed by atoms with Crippen LogP contribution >= 0.6 is 24.0 Å². The number of halogens is 3. The van der Waals surface area contributed by atoms with Crippen LogP contribution in [0, 0.1) is 13.8 Å². The van der Waals surface area contributed by atoms with Crippen molar-refractivity contribution in [2.45, 2.75) is 40.0 Å². The van der Waals surface area contributed by atoms with Gasteiger partial charge >= 0.3 is 6.61 Å². The number of guanidine groups is 1. The molecule has 0 saturated heterocycles. The molecule has 0 aliphatic rings. The zero-order chi connectivity index (χ0) is 20.5. The molecule has 0 aliphatic carbocycles. The summed E-state index contributed by atoms with van der Waals surface area (Å²) in [4.78, 5) is 4.15. The van der Waals surface area contributed by atoms with Crippen LogP contribution in [0.25, 0.3) is 0 Å². The van der Waals surface area contributed by atoms with Gasteiger partial charge in [-0.05, 0) is 44.5 Å². The second-order valence-electron chi connectivity index (χ2n) is 6.21. The highest BCUT2D eigenvalue weighted by Gasteiger charge is 2.11. The minimum Gasteiger partial charge on any atom is -0.497 e. The van der Waals surface area contributed by atoms with Gasteiger partial charge in [-0.25, -0.2) is 0 Å². The Hall–Kier alpha value is -2.11. The van der Waals surface area contributed by atoms with E-state index < -0.39 is 6.61 Å². The highest BCUT2D eigenvalue weighted by molar-refractivity contribution is 14.0. The minimum atomic E-state index is -2.89. The second kappa shape index (κ2) is 12.5. The lowest BCUT2D eigenvalue weighted by Crippen LogP contribution is -2.37. The first-order valence-electron chi connectivity index (χ1n) is 9.00. The SMILES string of the molecule is CN=C(NCCCn1nc(C)cc1C)NCc1cc(OC)ccc1OC(F)F.I. The molecule has 0 amide bonds. The molecule has 7 nitrogen and oxygen atoms in total. The highest BCUT2D eigenvalue weighted by atomic mass is 127. The largest absolute Gasteiger partial charge is 0.497 e. The summed E-state index contributed by atoms with van der Waals surface area (Å²) >= 11 is 0. The molecule has 2 rings (SSSR count). The molecule has 0 saturated carbocycles. The monoisotopic (exact) mass is 523 g/mol. The summed E-state index contributed by atoms with van der Waals surface area (Å²) in [6, 6.07) is 6.74. The van der Waals surface area contributed by atoms with Crippen LogP contribution in [0.3, 0.4) is 0 Å². The maximum Gasteiger partial charge on any atom is 0.387 e. The molecule has 0 spiro atoms. The standard InChI is InChI=1S/C19H27F2N5O2.HI/c1-13-10-14(2)26(25-13)9-5-8-23-19(22-3)24-12-15-11-16(27-4)6-7-17(15)28-18(20)21;/h6-7,10-11,18H,5,8-9,12H2,1-4H3,(H2,22,23,24);1H. The Morgan fingerprint density at radius 1 is 1.24 bits per heavy atom. The quantitative estimate of drug-likeness (QED) is 0.228. The van der Waals surface area contributed by atoms with E-state index in [1.807, 2.05) is 24.6 Å². The molecule has 0 fully saturated rings. The summed E-state index contributed by atoms with van der Waals surface area (Å²) in [7, 11) is 3.17. The Bertz CT molecular complexity index is 799. The van der Waals surface area contributed by atoms with E-state index in [2.05, 4.69) is 25.5 Å². The predicted octanol–water partition coefficient (Wildman–Crippen LogP) is 3.48. The van der Waals surface area contributed by atoms with Crippen LogP contribution in [0.5, 0.6) is 11.5 Å². The van der Waals surface area contributed by atoms with Crippen molar-refractivity contribution in [3.05, 3.63) is 41.2 Å². The van der Waals surface area contributed by atoms with Gasteiger partial charge in [-0.15, -0.1) is 24.0 Å². The first-order valence-corrected chi connectivity index (χ1v) is 9.00. The Balaban J connectivity index is 0.00000420. The third kappa shape index (κ3) is 8.03. The maximum absolute atomic E-state index is 12.6. The fourth-order valence-corrected chi connectivity index (χ4v) is 2.77. The van der Waals surface area contributed by atoms with Crippen LogP contribution in [0.4, 0.5) is 8.78 Å². The van der Waals surface area contributed by atoms with Gasteiger partial charge in [0.05, 0.1) is 12.8 Å². The van der Waals surface area contributed by atoms with Crippen LogP contribution < -0.4 is 20.1 Å². The van der Waals surface area contributed by atoms with Gasteiger partial charge in [0, 0.05) is 37.9 Å². The van der Waals surface area contributed by atoms with Crippen molar-refractivity contribution in [2.75, 3.05) is 20.7 Å². The van der Waals surface area contributed by atoms with Crippen LogP contribution in [0.1, 0.15) is 23.4 Å². The Kier molecular flexibility index (Phi) is 10.7. The van der Waals surface area contributed by atoms with Gasteiger partial charge in [0.25, 0.3) is 0 Å². The lowest BCUT2D eigenvalue weighted by atomic mass is 10.2. The van der Waals surface area contributed by atoms with E-state index in [4.69, 9.17) is 4.74 Å². The molecule has 0 unspecified atom stereocenters. The average molecular weight is 523 g/mol. The van der Waals surface area contributed by atoms with Gasteiger partial charge < -0.3 is 20.1 Å². The molecule has 0 atom stereocenters. The summed E-state index contributed by atoms with van der Waals surface area (Å²) in [6.07, 6.45) is 0.863. The fourth-order valence-electron chi connectivity index (χ4n) is 2.77. The first-order chi connectivity index (χ1) is 13.4. The van der Waals surface area contributed by atoms with Crippen LogP contribution in [-0.4, -0.2) is 43.1 Å². The highest BCUT2D eigenvalue weighted by Crippen LogP contribution is 2.25. The van der Waals surface area contributed by atoms with Gasteiger partial charge in [0.2, 0.25) is 0 Å². The van der Waals surface area contributed by atoms with Crippen molar-refractivity contribution in [1.29, 1.82) is 0 Å². The van der Waals surface area contributed by atoms with Gasteiger partial charge in [-0.2, -0.15) is 13.9 Å². The first kappa shape index (κ1) is 24.9. The molecular weight excluding hydrogens is 495 g/mol. The minimum absolute atomic E-state index is 0. The number of aryl methyl sites for hydroxylation is 3. The Labute approximate surface area is 186 Å². The third-order valence-electron chi connectivity index (χ3n) is 4.10. The predicted molar refractivity (Wildman–Crippen MR) is 120 cm³/mol. The van der Waals surface area contributed by atoms with Crippen LogP contribution in [0.2, 0.25) is 0 Å². The molecule has 0 radical (unpaired) electrons. The van der Waals surface area contributed by atoms with Crippen molar-refractivity contribution in [2.24, 2.45) is 4.99 Å². The molecule has 1 aromatic heterocycles. The smallest absolute Gasteiger partial charge is 0.387 e. The van der Waals surface area contributed by atoms with Crippen molar-refractivity contribution in [3.63, 3.8) is 0 Å². The average Bonchev–Trinajstić information content (AvgIpc) is 2.98. The van der Waals surface area contributed by atoms with Crippen molar-refractivity contribution in [1.82, 2.24) is 20.4 Å². The van der Waals surface area contributed by atoms with E-state index in [-0.39, 0.29) is 36.3 Å². The van der Waals surface area contributed by atoms with Crippen molar-refractivity contribution in [3.8, 4) is 11.5 Å². The fraction of sp³-hybridized carbons (Fsp3) is 0.474. The molecule has 2 aromatic rings. The van der Waals surface area contributed by atoms with Crippen molar-refractivity contribution < 1.29 is 18.3 Å². The van der Waals surface area contributed by atoms with Crippen molar-refractivity contribution >= 4 is 29.9 Å². The number of methoxy groups -OCH3 is 1. The molecular formula is C19H28F2IN5O2. The number of aromatic nitrogens is 2. The number of nitrogens with one attached hydrogen (secondary N) is 2. The topological polar surface area (TPSA) is 72.7 Å². The number of alkyl halides is 2. The summed E-state index contributed by atoms with van der Waals surface area (Å²) < 4.78 is 36.9. The third-order valence-corrected chi connectivity index (χ3v) is 4.10. The second-order valence-corrected chi connectivity index (χ2v) is 6.21. The Morgan fingerprint density at radius 2 is 2.00 bits per heavy atom. The summed E-state index contributed by atoms with van der Waals surface area (Å²) in [5.41, 5.74) is 2.68. The van der Waals surface area contributed by atoms with E-state index in [0.29, 0.717) is 23.8 Å². The zero-order valence-corrected chi connectivity index (χ0v) is 19.4. The maximum atomic E-state index is 12.6. The lowest BCUT2D eigenvalue weighted by molar-refractivity contribution is -0.0504. The number of ether oxygens (including phenoxy) is 2. The van der Waals surface area contributed by atoms with E-state index in [9.17, 15) is 8.78 Å². The number of rotatable bonds is 9. The molecule has 29 heavy (non-hydrogen) atoms. The molecule has 1 aromatic carbocycles. The number of aliphatic imine (C=N–C) groups is 1.